The molecule has 2 rings (SSSR count). The van der Waals surface area contributed by atoms with Crippen LogP contribution in [0.2, 0.25) is 0 Å². The Labute approximate surface area is 62.6 Å². The van der Waals surface area contributed by atoms with Crippen LogP contribution in [0, 0.1) is 0 Å². The van der Waals surface area contributed by atoms with Gasteiger partial charge in [0.15, 0.2) is 0 Å². The number of carbonyl (C=O) groups is 1. The van der Waals surface area contributed by atoms with E-state index in [1.807, 2.05) is 0 Å². The van der Waals surface area contributed by atoms with Crippen molar-refractivity contribution < 1.29 is 4.79 Å². The van der Waals surface area contributed by atoms with Crippen LogP contribution in [0.1, 0.15) is 10.5 Å². The molecule has 1 aromatic heterocycles. The van der Waals surface area contributed by atoms with Crippen molar-refractivity contribution in [2.24, 2.45) is 0 Å². The molecule has 1 aliphatic rings. The summed E-state index contributed by atoms with van der Waals surface area (Å²) in [4.78, 5) is 22.0. The van der Waals surface area contributed by atoms with Crippen LogP contribution < -0.4 is 5.56 Å². The summed E-state index contributed by atoms with van der Waals surface area (Å²) < 4.78 is 1.14. The van der Waals surface area contributed by atoms with Crippen molar-refractivity contribution in [2.75, 3.05) is 0 Å². The van der Waals surface area contributed by atoms with E-state index < -0.39 is 0 Å². The number of hydrogen-bond donors (Lipinski definition) is 0. The molecule has 0 saturated heterocycles. The van der Waals surface area contributed by atoms with Gasteiger partial charge < -0.3 is 0 Å². The fourth-order valence-corrected chi connectivity index (χ4v) is 1.10. The summed E-state index contributed by atoms with van der Waals surface area (Å²) in [5.41, 5.74) is 0.389. The van der Waals surface area contributed by atoms with Crippen molar-refractivity contribution in [3.05, 3.63) is 40.3 Å². The minimum atomic E-state index is -0.266. The second-order valence-corrected chi connectivity index (χ2v) is 2.30. The molecule has 0 unspecified atom stereocenters. The third-order valence-corrected chi connectivity index (χ3v) is 1.60. The predicted octanol–water partition coefficient (Wildman–Crippen LogP) is 0.515. The first-order chi connectivity index (χ1) is 5.29. The molecule has 1 aromatic rings. The Kier molecular flexibility index (Phi) is 1.06. The number of hydrogen-bond acceptors (Lipinski definition) is 2. The summed E-state index contributed by atoms with van der Waals surface area (Å²) >= 11 is 0. The number of rotatable bonds is 0. The average Bonchev–Trinajstić information content (AvgIpc) is 2.34. The lowest BCUT2D eigenvalue weighted by molar-refractivity contribution is 0.0970. The molecule has 0 amide bonds. The number of carbonyl (C=O) groups excluding carboxylic acids is 1. The molecule has 0 N–H and O–H groups in total. The normalized spacial score (nSPS) is 13.6. The van der Waals surface area contributed by atoms with E-state index in [4.69, 9.17) is 0 Å². The number of nitrogens with zero attached hydrogens (tertiary/aromatic N) is 1. The fraction of sp³-hybridized carbons (Fsp3) is 0. The van der Waals surface area contributed by atoms with Crippen molar-refractivity contribution in [1.29, 1.82) is 0 Å². The number of aromatic nitrogens is 1. The molecule has 0 saturated carbocycles. The van der Waals surface area contributed by atoms with E-state index in [2.05, 4.69) is 0 Å². The Bertz CT molecular complexity index is 401. The third-order valence-electron chi connectivity index (χ3n) is 1.60. The zero-order valence-electron chi connectivity index (χ0n) is 5.65. The van der Waals surface area contributed by atoms with Gasteiger partial charge in [-0.3, -0.25) is 9.59 Å². The molecule has 3 heteroatoms. The SMILES string of the molecule is O=C1C=Cc2cccc(=O)n21. The van der Waals surface area contributed by atoms with Crippen LogP contribution in [0.3, 0.4) is 0 Å². The monoisotopic (exact) mass is 147 g/mol. The molecule has 2 heterocycles. The van der Waals surface area contributed by atoms with Crippen molar-refractivity contribution >= 4 is 12.0 Å². The topological polar surface area (TPSA) is 39.1 Å². The van der Waals surface area contributed by atoms with Crippen molar-refractivity contribution in [1.82, 2.24) is 4.57 Å². The molecule has 0 aromatic carbocycles. The fourth-order valence-electron chi connectivity index (χ4n) is 1.10. The van der Waals surface area contributed by atoms with Crippen LogP contribution in [0.25, 0.3) is 6.08 Å². The maximum absolute atomic E-state index is 11.0. The molecule has 11 heavy (non-hydrogen) atoms. The molecule has 0 bridgehead atoms. The van der Waals surface area contributed by atoms with Gasteiger partial charge in [-0.2, -0.15) is 0 Å². The first-order valence-corrected chi connectivity index (χ1v) is 3.23. The van der Waals surface area contributed by atoms with E-state index in [0.29, 0.717) is 5.69 Å². The van der Waals surface area contributed by atoms with E-state index in [1.54, 1.807) is 18.2 Å². The van der Waals surface area contributed by atoms with Gasteiger partial charge in [0.1, 0.15) is 0 Å². The quantitative estimate of drug-likeness (QED) is 0.536. The van der Waals surface area contributed by atoms with Gasteiger partial charge >= 0.3 is 0 Å². The van der Waals surface area contributed by atoms with Crippen molar-refractivity contribution in [3.8, 4) is 0 Å². The summed E-state index contributed by atoms with van der Waals surface area (Å²) in [6.07, 6.45) is 3.01. The van der Waals surface area contributed by atoms with E-state index in [1.165, 1.54) is 12.1 Å². The Morgan fingerprint density at radius 1 is 1.09 bits per heavy atom. The lowest BCUT2D eigenvalue weighted by atomic mass is 10.3. The highest BCUT2D eigenvalue weighted by Gasteiger charge is 2.11. The lowest BCUT2D eigenvalue weighted by Gasteiger charge is -1.97. The van der Waals surface area contributed by atoms with Crippen LogP contribution in [0.15, 0.2) is 29.1 Å². The summed E-state index contributed by atoms with van der Waals surface area (Å²) in [6, 6.07) is 4.73. The predicted molar refractivity (Wildman–Crippen MR) is 40.4 cm³/mol. The summed E-state index contributed by atoms with van der Waals surface area (Å²) in [5.74, 6) is -0.259. The van der Waals surface area contributed by atoms with Crippen LogP contribution in [0.4, 0.5) is 0 Å². The van der Waals surface area contributed by atoms with Gasteiger partial charge in [-0.25, -0.2) is 4.57 Å². The number of allylic oxidation sites excluding steroid dienone is 1. The van der Waals surface area contributed by atoms with Gasteiger partial charge in [0.05, 0.1) is 5.69 Å². The minimum Gasteiger partial charge on any atom is -0.269 e. The van der Waals surface area contributed by atoms with E-state index in [0.717, 1.165) is 4.57 Å². The largest absolute Gasteiger partial charge is 0.269 e. The maximum Gasteiger partial charge on any atom is 0.258 e. The lowest BCUT2D eigenvalue weighted by Crippen LogP contribution is -2.23. The maximum atomic E-state index is 11.0. The Morgan fingerprint density at radius 3 is 2.64 bits per heavy atom. The van der Waals surface area contributed by atoms with E-state index >= 15 is 0 Å². The van der Waals surface area contributed by atoms with E-state index in [-0.39, 0.29) is 11.5 Å². The van der Waals surface area contributed by atoms with Gasteiger partial charge in [0, 0.05) is 12.1 Å². The first kappa shape index (κ1) is 6.09. The summed E-state index contributed by atoms with van der Waals surface area (Å²) in [5, 5.41) is 0. The molecular formula is C8H5NO2. The highest BCUT2D eigenvalue weighted by Crippen LogP contribution is 2.06. The summed E-state index contributed by atoms with van der Waals surface area (Å²) in [7, 11) is 0. The zero-order valence-corrected chi connectivity index (χ0v) is 5.65. The van der Waals surface area contributed by atoms with Crippen LogP contribution in [0.5, 0.6) is 0 Å². The Morgan fingerprint density at radius 2 is 1.91 bits per heavy atom. The van der Waals surface area contributed by atoms with Crippen LogP contribution in [-0.4, -0.2) is 10.5 Å². The van der Waals surface area contributed by atoms with Crippen LogP contribution >= 0.6 is 0 Å². The Balaban J connectivity index is 2.85. The highest BCUT2D eigenvalue weighted by molar-refractivity contribution is 5.98. The highest BCUT2D eigenvalue weighted by atomic mass is 16.2. The minimum absolute atomic E-state index is 0.259. The molecule has 0 aliphatic carbocycles. The van der Waals surface area contributed by atoms with E-state index in [9.17, 15) is 9.59 Å². The van der Waals surface area contributed by atoms with Gasteiger partial charge in [0.2, 0.25) is 0 Å². The molecule has 3 nitrogen and oxygen atoms in total. The molecule has 0 atom stereocenters. The molecule has 1 aliphatic heterocycles. The van der Waals surface area contributed by atoms with Gasteiger partial charge in [-0.05, 0) is 12.1 Å². The van der Waals surface area contributed by atoms with Crippen molar-refractivity contribution in [2.45, 2.75) is 0 Å². The molecule has 0 fully saturated rings. The molecule has 0 spiro atoms. The zero-order chi connectivity index (χ0) is 7.84. The number of fused-ring (bicyclic) bond motifs is 1. The van der Waals surface area contributed by atoms with Gasteiger partial charge in [0.25, 0.3) is 11.5 Å². The third kappa shape index (κ3) is 0.741. The number of pyridine rings is 1. The second kappa shape index (κ2) is 1.92. The first-order valence-electron chi connectivity index (χ1n) is 3.23. The van der Waals surface area contributed by atoms with Gasteiger partial charge in [-0.1, -0.05) is 6.07 Å². The molecular weight excluding hydrogens is 142 g/mol. The summed E-state index contributed by atoms with van der Waals surface area (Å²) in [6.45, 7) is 0. The molecule has 0 radical (unpaired) electrons. The Hall–Kier alpha value is -1.64. The van der Waals surface area contributed by atoms with Crippen LogP contribution in [-0.2, 0) is 0 Å². The standard InChI is InChI=1S/C8H5NO2/c10-7-3-1-2-6-4-5-8(11)9(6)7/h1-5H. The second-order valence-electron chi connectivity index (χ2n) is 2.30. The van der Waals surface area contributed by atoms with Crippen molar-refractivity contribution in [3.63, 3.8) is 0 Å². The molecule has 54 valence electrons. The smallest absolute Gasteiger partial charge is 0.258 e. The average molecular weight is 147 g/mol. The van der Waals surface area contributed by atoms with Gasteiger partial charge in [-0.15, -0.1) is 0 Å².